The van der Waals surface area contributed by atoms with Crippen LogP contribution in [0.15, 0.2) is 54.6 Å². The molecule has 132 valence electrons. The Morgan fingerprint density at radius 2 is 1.84 bits per heavy atom. The van der Waals surface area contributed by atoms with Crippen LogP contribution in [0.1, 0.15) is 42.4 Å². The number of nitrogens with one attached hydrogen (secondary N) is 1. The summed E-state index contributed by atoms with van der Waals surface area (Å²) < 4.78 is 0. The van der Waals surface area contributed by atoms with E-state index in [1.165, 1.54) is 24.9 Å². The molecule has 2 unspecified atom stereocenters. The van der Waals surface area contributed by atoms with Crippen LogP contribution in [-0.2, 0) is 11.8 Å². The number of benzene rings is 2. The first-order valence-corrected chi connectivity index (χ1v) is 9.72. The standard InChI is InChI=1S/C23H30N2/c1-23-13-15-25(2)22(16-23)20(19-10-6-7-11-21(19)23)17-24-14-12-18-8-4-3-5-9-18/h3-11,20,22,24H,12-17H2,1-2H3/t20-,22?,23?/m0/s1. The Morgan fingerprint density at radius 3 is 2.68 bits per heavy atom. The summed E-state index contributed by atoms with van der Waals surface area (Å²) in [5.74, 6) is 0.602. The first kappa shape index (κ1) is 16.8. The molecule has 2 aromatic rings. The molecule has 2 aromatic carbocycles. The summed E-state index contributed by atoms with van der Waals surface area (Å²) in [6.45, 7) is 5.83. The molecule has 3 atom stereocenters. The largest absolute Gasteiger partial charge is 0.316 e. The molecule has 0 spiro atoms. The Labute approximate surface area is 152 Å². The lowest BCUT2D eigenvalue weighted by atomic mass is 9.61. The number of piperidine rings is 1. The van der Waals surface area contributed by atoms with Gasteiger partial charge in [-0.15, -0.1) is 0 Å². The van der Waals surface area contributed by atoms with Gasteiger partial charge in [-0.2, -0.15) is 0 Å². The SMILES string of the molecule is CN1CCC2(C)CC1[C@@H](CNCCc1ccccc1)c1ccccc12. The Bertz CT molecular complexity index is 711. The van der Waals surface area contributed by atoms with Crippen LogP contribution in [0.2, 0.25) is 0 Å². The Kier molecular flexibility index (Phi) is 4.66. The Hall–Kier alpha value is -1.64. The minimum absolute atomic E-state index is 0.369. The summed E-state index contributed by atoms with van der Waals surface area (Å²) in [4.78, 5) is 2.60. The zero-order chi connectivity index (χ0) is 17.3. The van der Waals surface area contributed by atoms with Crippen LogP contribution in [0.25, 0.3) is 0 Å². The van der Waals surface area contributed by atoms with Gasteiger partial charge in [0.05, 0.1) is 0 Å². The number of likely N-dealkylation sites (tertiary alicyclic amines) is 1. The van der Waals surface area contributed by atoms with Crippen LogP contribution in [0, 0.1) is 0 Å². The predicted octanol–water partition coefficient (Wildman–Crippen LogP) is 3.97. The van der Waals surface area contributed by atoms with E-state index in [0.717, 1.165) is 19.5 Å². The molecule has 0 amide bonds. The lowest BCUT2D eigenvalue weighted by Gasteiger charge is -2.52. The summed E-state index contributed by atoms with van der Waals surface area (Å²) in [7, 11) is 2.31. The van der Waals surface area contributed by atoms with E-state index in [1.807, 2.05) is 0 Å². The molecule has 0 saturated carbocycles. The summed E-state index contributed by atoms with van der Waals surface area (Å²) in [6, 6.07) is 20.7. The van der Waals surface area contributed by atoms with Gasteiger partial charge in [-0.1, -0.05) is 61.5 Å². The summed E-state index contributed by atoms with van der Waals surface area (Å²) in [5, 5.41) is 3.75. The normalized spacial score (nSPS) is 28.6. The van der Waals surface area contributed by atoms with E-state index in [2.05, 4.69) is 78.8 Å². The highest BCUT2D eigenvalue weighted by Gasteiger charge is 2.45. The topological polar surface area (TPSA) is 15.3 Å². The van der Waals surface area contributed by atoms with Crippen LogP contribution in [0.3, 0.4) is 0 Å². The molecule has 4 rings (SSSR count). The Morgan fingerprint density at radius 1 is 1.08 bits per heavy atom. The van der Waals surface area contributed by atoms with Crippen molar-refractivity contribution < 1.29 is 0 Å². The number of likely N-dealkylation sites (N-methyl/N-ethyl adjacent to an activating group) is 1. The average molecular weight is 335 g/mol. The van der Waals surface area contributed by atoms with E-state index in [4.69, 9.17) is 0 Å². The summed E-state index contributed by atoms with van der Waals surface area (Å²) >= 11 is 0. The van der Waals surface area contributed by atoms with E-state index < -0.39 is 0 Å². The number of fused-ring (bicyclic) bond motifs is 4. The van der Waals surface area contributed by atoms with Gasteiger partial charge < -0.3 is 10.2 Å². The lowest BCUT2D eigenvalue weighted by molar-refractivity contribution is 0.0902. The summed E-state index contributed by atoms with van der Waals surface area (Å²) in [5.41, 5.74) is 4.98. The molecule has 1 saturated heterocycles. The van der Waals surface area contributed by atoms with Crippen molar-refractivity contribution in [3.63, 3.8) is 0 Å². The van der Waals surface area contributed by atoms with Crippen LogP contribution in [-0.4, -0.2) is 37.6 Å². The molecular weight excluding hydrogens is 304 g/mol. The van der Waals surface area contributed by atoms with E-state index >= 15 is 0 Å². The molecule has 0 aromatic heterocycles. The molecule has 2 bridgehead atoms. The molecule has 1 fully saturated rings. The third kappa shape index (κ3) is 3.26. The van der Waals surface area contributed by atoms with Crippen LogP contribution in [0.5, 0.6) is 0 Å². The highest BCUT2D eigenvalue weighted by Crippen LogP contribution is 2.48. The maximum absolute atomic E-state index is 3.75. The van der Waals surface area contributed by atoms with Crippen LogP contribution < -0.4 is 5.32 Å². The number of rotatable bonds is 5. The van der Waals surface area contributed by atoms with Crippen molar-refractivity contribution >= 4 is 0 Å². The number of nitrogens with zero attached hydrogens (tertiary/aromatic N) is 1. The van der Waals surface area contributed by atoms with Gasteiger partial charge in [0, 0.05) is 18.5 Å². The Balaban J connectivity index is 1.48. The molecule has 1 heterocycles. The highest BCUT2D eigenvalue weighted by molar-refractivity contribution is 5.42. The second-order valence-corrected chi connectivity index (χ2v) is 8.20. The molecule has 1 N–H and O–H groups in total. The van der Waals surface area contributed by atoms with E-state index in [1.54, 1.807) is 11.1 Å². The molecular formula is C23H30N2. The van der Waals surface area contributed by atoms with E-state index in [-0.39, 0.29) is 0 Å². The summed E-state index contributed by atoms with van der Waals surface area (Å²) in [6.07, 6.45) is 3.68. The van der Waals surface area contributed by atoms with E-state index in [9.17, 15) is 0 Å². The third-order valence-corrected chi connectivity index (χ3v) is 6.51. The van der Waals surface area contributed by atoms with Gasteiger partial charge in [0.15, 0.2) is 0 Å². The van der Waals surface area contributed by atoms with Gasteiger partial charge in [0.1, 0.15) is 0 Å². The van der Waals surface area contributed by atoms with Crippen molar-refractivity contribution in [3.05, 3.63) is 71.3 Å². The molecule has 25 heavy (non-hydrogen) atoms. The average Bonchev–Trinajstić information content (AvgIpc) is 2.65. The van der Waals surface area contributed by atoms with Crippen molar-refractivity contribution in [3.8, 4) is 0 Å². The van der Waals surface area contributed by atoms with E-state index in [0.29, 0.717) is 17.4 Å². The minimum atomic E-state index is 0.369. The fourth-order valence-electron chi connectivity index (χ4n) is 4.96. The maximum Gasteiger partial charge on any atom is 0.0182 e. The maximum atomic E-state index is 3.75. The molecule has 2 nitrogen and oxygen atoms in total. The predicted molar refractivity (Wildman–Crippen MR) is 105 cm³/mol. The smallest absolute Gasteiger partial charge is 0.0182 e. The van der Waals surface area contributed by atoms with Crippen LogP contribution >= 0.6 is 0 Å². The molecule has 2 aliphatic rings. The zero-order valence-electron chi connectivity index (χ0n) is 15.5. The number of hydrogen-bond acceptors (Lipinski definition) is 2. The molecule has 1 aliphatic carbocycles. The fraction of sp³-hybridized carbons (Fsp3) is 0.478. The first-order valence-electron chi connectivity index (χ1n) is 9.72. The monoisotopic (exact) mass is 334 g/mol. The second-order valence-electron chi connectivity index (χ2n) is 8.20. The van der Waals surface area contributed by atoms with Gasteiger partial charge in [-0.05, 0) is 61.5 Å². The van der Waals surface area contributed by atoms with Gasteiger partial charge in [-0.3, -0.25) is 0 Å². The quantitative estimate of drug-likeness (QED) is 0.833. The zero-order valence-corrected chi connectivity index (χ0v) is 15.5. The van der Waals surface area contributed by atoms with Gasteiger partial charge >= 0.3 is 0 Å². The number of hydrogen-bond donors (Lipinski definition) is 1. The van der Waals surface area contributed by atoms with Crippen molar-refractivity contribution in [1.29, 1.82) is 0 Å². The van der Waals surface area contributed by atoms with Crippen LogP contribution in [0.4, 0.5) is 0 Å². The van der Waals surface area contributed by atoms with Gasteiger partial charge in [0.2, 0.25) is 0 Å². The molecule has 2 heteroatoms. The molecule has 0 radical (unpaired) electrons. The minimum Gasteiger partial charge on any atom is -0.316 e. The van der Waals surface area contributed by atoms with Crippen molar-refractivity contribution in [2.45, 2.75) is 43.6 Å². The molecule has 1 aliphatic heterocycles. The first-order chi connectivity index (χ1) is 12.2. The fourth-order valence-corrected chi connectivity index (χ4v) is 4.96. The lowest BCUT2D eigenvalue weighted by Crippen LogP contribution is -2.54. The third-order valence-electron chi connectivity index (χ3n) is 6.51. The van der Waals surface area contributed by atoms with Crippen molar-refractivity contribution in [2.75, 3.05) is 26.7 Å². The van der Waals surface area contributed by atoms with Gasteiger partial charge in [-0.25, -0.2) is 0 Å². The van der Waals surface area contributed by atoms with Crippen molar-refractivity contribution in [2.24, 2.45) is 0 Å². The highest BCUT2D eigenvalue weighted by atomic mass is 15.2. The van der Waals surface area contributed by atoms with Gasteiger partial charge in [0.25, 0.3) is 0 Å². The van der Waals surface area contributed by atoms with Crippen molar-refractivity contribution in [1.82, 2.24) is 10.2 Å². The second kappa shape index (κ2) is 6.93.